The molecule has 0 saturated heterocycles. The van der Waals surface area contributed by atoms with Crippen LogP contribution in [0.15, 0.2) is 18.2 Å². The van der Waals surface area contributed by atoms with Crippen molar-refractivity contribution in [3.05, 3.63) is 34.9 Å². The van der Waals surface area contributed by atoms with Gasteiger partial charge in [-0.3, -0.25) is 20.4 Å². The molecule has 1 rings (SSSR count). The average Bonchev–Trinajstić information content (AvgIpc) is 2.36. The summed E-state index contributed by atoms with van der Waals surface area (Å²) in [6, 6.07) is 4.46. The molecular formula is C10H14N4O3. The number of carbonyl (C=O) groups is 2. The molecule has 1 aromatic rings. The highest BCUT2D eigenvalue weighted by atomic mass is 16.3. The van der Waals surface area contributed by atoms with Crippen LogP contribution in [-0.4, -0.2) is 23.5 Å². The number of aliphatic hydroxyl groups is 1. The van der Waals surface area contributed by atoms with Crippen molar-refractivity contribution in [1.82, 2.24) is 10.9 Å². The number of carbonyl (C=O) groups excluding carboxylic acids is 2. The number of nitrogen functional groups attached to an aromatic ring is 2. The van der Waals surface area contributed by atoms with Gasteiger partial charge in [-0.05, 0) is 30.2 Å². The zero-order valence-electron chi connectivity index (χ0n) is 9.06. The number of hydrogen-bond donors (Lipinski definition) is 5. The molecular weight excluding hydrogens is 224 g/mol. The van der Waals surface area contributed by atoms with E-state index in [1.807, 2.05) is 10.9 Å². The summed E-state index contributed by atoms with van der Waals surface area (Å²) in [4.78, 5) is 22.7. The van der Waals surface area contributed by atoms with Gasteiger partial charge in [-0.1, -0.05) is 0 Å². The molecule has 7 nitrogen and oxygen atoms in total. The van der Waals surface area contributed by atoms with Gasteiger partial charge in [-0.2, -0.15) is 0 Å². The SMILES string of the molecule is NNC(=O)c1cc(CCO)cc(C(=O)NN)c1. The van der Waals surface area contributed by atoms with Crippen LogP contribution in [0.1, 0.15) is 26.3 Å². The smallest absolute Gasteiger partial charge is 0.265 e. The number of amides is 2. The van der Waals surface area contributed by atoms with E-state index in [1.54, 1.807) is 12.1 Å². The number of nitrogens with one attached hydrogen (secondary N) is 2. The van der Waals surface area contributed by atoms with E-state index in [9.17, 15) is 9.59 Å². The van der Waals surface area contributed by atoms with Crippen LogP contribution in [0.4, 0.5) is 0 Å². The summed E-state index contributed by atoms with van der Waals surface area (Å²) >= 11 is 0. The van der Waals surface area contributed by atoms with Gasteiger partial charge in [0.1, 0.15) is 0 Å². The molecule has 92 valence electrons. The van der Waals surface area contributed by atoms with Crippen LogP contribution in [0.3, 0.4) is 0 Å². The highest BCUT2D eigenvalue weighted by molar-refractivity contribution is 5.99. The van der Waals surface area contributed by atoms with Crippen LogP contribution in [0, 0.1) is 0 Å². The molecule has 0 unspecified atom stereocenters. The Labute approximate surface area is 97.7 Å². The molecule has 0 bridgehead atoms. The molecule has 0 heterocycles. The summed E-state index contributed by atoms with van der Waals surface area (Å²) in [7, 11) is 0. The highest BCUT2D eigenvalue weighted by Gasteiger charge is 2.11. The van der Waals surface area contributed by atoms with Gasteiger partial charge in [-0.25, -0.2) is 11.7 Å². The lowest BCUT2D eigenvalue weighted by Crippen LogP contribution is -2.32. The zero-order valence-corrected chi connectivity index (χ0v) is 9.06. The predicted octanol–water partition coefficient (Wildman–Crippen LogP) is -1.57. The minimum absolute atomic E-state index is 0.0859. The summed E-state index contributed by atoms with van der Waals surface area (Å²) in [5.41, 5.74) is 5.05. The van der Waals surface area contributed by atoms with Crippen molar-refractivity contribution in [2.24, 2.45) is 11.7 Å². The summed E-state index contributed by atoms with van der Waals surface area (Å²) in [6.45, 7) is -0.0859. The first-order valence-corrected chi connectivity index (χ1v) is 4.89. The minimum Gasteiger partial charge on any atom is -0.396 e. The van der Waals surface area contributed by atoms with Crippen LogP contribution < -0.4 is 22.5 Å². The Hall–Kier alpha value is -1.96. The lowest BCUT2D eigenvalue weighted by molar-refractivity contribution is 0.0953. The van der Waals surface area contributed by atoms with Crippen molar-refractivity contribution in [3.8, 4) is 0 Å². The Morgan fingerprint density at radius 1 is 1.06 bits per heavy atom. The van der Waals surface area contributed by atoms with Gasteiger partial charge in [0.2, 0.25) is 0 Å². The van der Waals surface area contributed by atoms with Crippen molar-refractivity contribution in [3.63, 3.8) is 0 Å². The third-order valence-corrected chi connectivity index (χ3v) is 2.18. The van der Waals surface area contributed by atoms with Crippen LogP contribution in [0.2, 0.25) is 0 Å². The standard InChI is InChI=1S/C10H14N4O3/c11-13-9(16)7-3-6(1-2-15)4-8(5-7)10(17)14-12/h3-5,15H,1-2,11-12H2,(H,13,16)(H,14,17). The molecule has 0 aliphatic carbocycles. The number of benzene rings is 1. The van der Waals surface area contributed by atoms with E-state index in [0.717, 1.165) is 0 Å². The summed E-state index contributed by atoms with van der Waals surface area (Å²) in [5, 5.41) is 8.84. The Morgan fingerprint density at radius 3 is 1.88 bits per heavy atom. The number of rotatable bonds is 4. The Morgan fingerprint density at radius 2 is 1.53 bits per heavy atom. The molecule has 1 aromatic carbocycles. The molecule has 0 aliphatic rings. The number of hydrogen-bond acceptors (Lipinski definition) is 5. The quantitative estimate of drug-likeness (QED) is 0.246. The normalized spacial score (nSPS) is 9.82. The van der Waals surface area contributed by atoms with Crippen molar-refractivity contribution in [2.75, 3.05) is 6.61 Å². The van der Waals surface area contributed by atoms with Gasteiger partial charge in [0.15, 0.2) is 0 Å². The minimum atomic E-state index is -0.518. The summed E-state index contributed by atoms with van der Waals surface area (Å²) in [6.07, 6.45) is 0.330. The second-order valence-corrected chi connectivity index (χ2v) is 3.34. The van der Waals surface area contributed by atoms with Crippen molar-refractivity contribution in [2.45, 2.75) is 6.42 Å². The second-order valence-electron chi connectivity index (χ2n) is 3.34. The Bertz CT molecular complexity index is 399. The molecule has 0 aromatic heterocycles. The monoisotopic (exact) mass is 238 g/mol. The van der Waals surface area contributed by atoms with Crippen molar-refractivity contribution >= 4 is 11.8 Å². The van der Waals surface area contributed by atoms with Crippen molar-refractivity contribution in [1.29, 1.82) is 0 Å². The van der Waals surface area contributed by atoms with E-state index < -0.39 is 11.8 Å². The van der Waals surface area contributed by atoms with E-state index in [2.05, 4.69) is 0 Å². The molecule has 2 amide bonds. The molecule has 0 atom stereocenters. The van der Waals surface area contributed by atoms with Crippen LogP contribution in [0.5, 0.6) is 0 Å². The first-order valence-electron chi connectivity index (χ1n) is 4.89. The van der Waals surface area contributed by atoms with Gasteiger partial charge in [0.05, 0.1) is 0 Å². The molecule has 0 spiro atoms. The van der Waals surface area contributed by atoms with Crippen LogP contribution in [-0.2, 0) is 6.42 Å². The molecule has 0 saturated carbocycles. The lowest BCUT2D eigenvalue weighted by atomic mass is 10.0. The Balaban J connectivity index is 3.18. The Kier molecular flexibility index (Phi) is 4.58. The molecule has 0 aliphatic heterocycles. The largest absolute Gasteiger partial charge is 0.396 e. The number of hydrazine groups is 2. The maximum Gasteiger partial charge on any atom is 0.265 e. The van der Waals surface area contributed by atoms with Gasteiger partial charge in [0.25, 0.3) is 11.8 Å². The summed E-state index contributed by atoms with van der Waals surface area (Å²) in [5.74, 6) is 8.99. The second kappa shape index (κ2) is 5.94. The fraction of sp³-hybridized carbons (Fsp3) is 0.200. The van der Waals surface area contributed by atoms with E-state index in [4.69, 9.17) is 16.8 Å². The van der Waals surface area contributed by atoms with E-state index in [1.165, 1.54) is 6.07 Å². The van der Waals surface area contributed by atoms with Crippen LogP contribution in [0.25, 0.3) is 0 Å². The number of aliphatic hydroxyl groups excluding tert-OH is 1. The third kappa shape index (κ3) is 3.25. The fourth-order valence-electron chi connectivity index (χ4n) is 1.39. The van der Waals surface area contributed by atoms with Gasteiger partial charge in [0, 0.05) is 17.7 Å². The predicted molar refractivity (Wildman–Crippen MR) is 60.5 cm³/mol. The van der Waals surface area contributed by atoms with E-state index >= 15 is 0 Å². The van der Waals surface area contributed by atoms with E-state index in [0.29, 0.717) is 12.0 Å². The average molecular weight is 238 g/mol. The fourth-order valence-corrected chi connectivity index (χ4v) is 1.39. The van der Waals surface area contributed by atoms with E-state index in [-0.39, 0.29) is 17.7 Å². The molecule has 7 N–H and O–H groups in total. The number of nitrogens with two attached hydrogens (primary N) is 2. The lowest BCUT2D eigenvalue weighted by Gasteiger charge is -2.07. The topological polar surface area (TPSA) is 130 Å². The first kappa shape index (κ1) is 13.1. The van der Waals surface area contributed by atoms with Gasteiger partial charge >= 0.3 is 0 Å². The van der Waals surface area contributed by atoms with Crippen LogP contribution >= 0.6 is 0 Å². The maximum atomic E-state index is 11.4. The molecule has 0 radical (unpaired) electrons. The third-order valence-electron chi connectivity index (χ3n) is 2.18. The first-order chi connectivity index (χ1) is 8.12. The molecule has 17 heavy (non-hydrogen) atoms. The van der Waals surface area contributed by atoms with Crippen molar-refractivity contribution < 1.29 is 14.7 Å². The van der Waals surface area contributed by atoms with Gasteiger partial charge in [-0.15, -0.1) is 0 Å². The van der Waals surface area contributed by atoms with Gasteiger partial charge < -0.3 is 5.11 Å². The highest BCUT2D eigenvalue weighted by Crippen LogP contribution is 2.11. The molecule has 0 fully saturated rings. The summed E-state index contributed by atoms with van der Waals surface area (Å²) < 4.78 is 0. The maximum absolute atomic E-state index is 11.4. The zero-order chi connectivity index (χ0) is 12.8. The molecule has 7 heteroatoms.